The van der Waals surface area contributed by atoms with Gasteiger partial charge in [0.25, 0.3) is 0 Å². The molecule has 0 spiro atoms. The number of nitrogens with one attached hydrogen (secondary N) is 1. The van der Waals surface area contributed by atoms with Crippen molar-refractivity contribution >= 4 is 22.8 Å². The average molecular weight is 199 g/mol. The lowest BCUT2D eigenvalue weighted by atomic mass is 10.4. The van der Waals surface area contributed by atoms with Crippen molar-refractivity contribution in [2.75, 3.05) is 0 Å². The maximum Gasteiger partial charge on any atom is 0.182 e. The second-order valence-corrected chi connectivity index (χ2v) is 3.02. The molecule has 0 bridgehead atoms. The van der Waals surface area contributed by atoms with Gasteiger partial charge in [0, 0.05) is 0 Å². The molecule has 0 saturated carbocycles. The normalized spacial score (nSPS) is 13.5. The molecule has 0 aliphatic heterocycles. The highest BCUT2D eigenvalue weighted by Crippen LogP contribution is 2.18. The molecule has 2 N–H and O–H groups in total. The maximum absolute atomic E-state index is 9.23. The molecule has 2 rings (SSSR count). The van der Waals surface area contributed by atoms with E-state index in [-0.39, 0.29) is 0 Å². The molecular formula is C7H7ClN4O. The van der Waals surface area contributed by atoms with E-state index in [4.69, 9.17) is 11.6 Å². The molecule has 5 nitrogen and oxygen atoms in total. The third-order valence-electron chi connectivity index (χ3n) is 1.66. The van der Waals surface area contributed by atoms with Crippen molar-refractivity contribution < 1.29 is 5.11 Å². The summed E-state index contributed by atoms with van der Waals surface area (Å²) in [6, 6.07) is 0. The van der Waals surface area contributed by atoms with Crippen molar-refractivity contribution in [1.82, 2.24) is 19.9 Å². The van der Waals surface area contributed by atoms with Crippen LogP contribution in [0.3, 0.4) is 0 Å². The number of hydrogen-bond acceptors (Lipinski definition) is 4. The van der Waals surface area contributed by atoms with Crippen molar-refractivity contribution in [1.29, 1.82) is 0 Å². The van der Waals surface area contributed by atoms with E-state index in [0.717, 1.165) is 0 Å². The van der Waals surface area contributed by atoms with Gasteiger partial charge in [-0.25, -0.2) is 15.0 Å². The number of H-pyrrole nitrogens is 1. The zero-order chi connectivity index (χ0) is 9.42. The van der Waals surface area contributed by atoms with Crippen molar-refractivity contribution in [3.8, 4) is 0 Å². The number of imidazole rings is 1. The zero-order valence-electron chi connectivity index (χ0n) is 6.82. The van der Waals surface area contributed by atoms with Crippen LogP contribution in [0.4, 0.5) is 0 Å². The molecular weight excluding hydrogens is 192 g/mol. The molecule has 6 heteroatoms. The SMILES string of the molecule is CC(O)c1nc2ncnc(Cl)c2[nH]1. The molecule has 2 aromatic rings. The van der Waals surface area contributed by atoms with Crippen LogP contribution in [-0.4, -0.2) is 25.0 Å². The lowest BCUT2D eigenvalue weighted by Gasteiger charge is -1.95. The van der Waals surface area contributed by atoms with E-state index in [1.807, 2.05) is 0 Å². The highest BCUT2D eigenvalue weighted by Gasteiger charge is 2.10. The number of fused-ring (bicyclic) bond motifs is 1. The molecule has 0 amide bonds. The zero-order valence-corrected chi connectivity index (χ0v) is 7.58. The highest BCUT2D eigenvalue weighted by molar-refractivity contribution is 6.33. The number of aliphatic hydroxyl groups is 1. The quantitative estimate of drug-likeness (QED) is 0.672. The molecule has 0 radical (unpaired) electrons. The summed E-state index contributed by atoms with van der Waals surface area (Å²) in [4.78, 5) is 14.6. The van der Waals surface area contributed by atoms with E-state index in [9.17, 15) is 5.11 Å². The smallest absolute Gasteiger partial charge is 0.182 e. The van der Waals surface area contributed by atoms with Gasteiger partial charge in [-0.05, 0) is 6.92 Å². The summed E-state index contributed by atoms with van der Waals surface area (Å²) in [5.41, 5.74) is 1.02. The van der Waals surface area contributed by atoms with Crippen molar-refractivity contribution in [2.24, 2.45) is 0 Å². The standard InChI is InChI=1S/C7H7ClN4O/c1-3(13)6-11-4-5(8)9-2-10-7(4)12-6/h2-3,13H,1H3,(H,9,10,11,12). The number of hydrogen-bond donors (Lipinski definition) is 2. The Hall–Kier alpha value is -1.20. The first-order valence-electron chi connectivity index (χ1n) is 3.72. The summed E-state index contributed by atoms with van der Waals surface area (Å²) in [7, 11) is 0. The van der Waals surface area contributed by atoms with E-state index >= 15 is 0 Å². The van der Waals surface area contributed by atoms with Gasteiger partial charge in [0.05, 0.1) is 0 Å². The summed E-state index contributed by atoms with van der Waals surface area (Å²) < 4.78 is 0. The number of aliphatic hydroxyl groups excluding tert-OH is 1. The fourth-order valence-corrected chi connectivity index (χ4v) is 1.19. The van der Waals surface area contributed by atoms with Crippen LogP contribution in [0.25, 0.3) is 11.2 Å². The highest BCUT2D eigenvalue weighted by atomic mass is 35.5. The van der Waals surface area contributed by atoms with Gasteiger partial charge in [-0.2, -0.15) is 0 Å². The summed E-state index contributed by atoms with van der Waals surface area (Å²) in [5.74, 6) is 0.442. The molecule has 0 aliphatic carbocycles. The molecule has 68 valence electrons. The number of rotatable bonds is 1. The number of halogens is 1. The summed E-state index contributed by atoms with van der Waals surface area (Å²) >= 11 is 5.77. The fraction of sp³-hybridized carbons (Fsp3) is 0.286. The van der Waals surface area contributed by atoms with E-state index in [2.05, 4.69) is 19.9 Å². The van der Waals surface area contributed by atoms with Crippen LogP contribution in [0, 0.1) is 0 Å². The third kappa shape index (κ3) is 1.36. The van der Waals surface area contributed by atoms with Gasteiger partial charge in [0.15, 0.2) is 10.8 Å². The minimum Gasteiger partial charge on any atom is -0.385 e. The Morgan fingerprint density at radius 1 is 1.54 bits per heavy atom. The monoisotopic (exact) mass is 198 g/mol. The van der Waals surface area contributed by atoms with Gasteiger partial charge in [-0.15, -0.1) is 0 Å². The Labute approximate surface area is 78.8 Å². The Morgan fingerprint density at radius 3 is 2.92 bits per heavy atom. The van der Waals surface area contributed by atoms with Crippen molar-refractivity contribution in [3.05, 3.63) is 17.3 Å². The molecule has 0 aliphatic rings. The molecule has 1 atom stereocenters. The third-order valence-corrected chi connectivity index (χ3v) is 1.94. The van der Waals surface area contributed by atoms with Crippen LogP contribution in [0.1, 0.15) is 18.9 Å². The Morgan fingerprint density at radius 2 is 2.31 bits per heavy atom. The molecule has 2 heterocycles. The molecule has 0 fully saturated rings. The van der Waals surface area contributed by atoms with Gasteiger partial charge < -0.3 is 10.1 Å². The molecule has 0 aromatic carbocycles. The van der Waals surface area contributed by atoms with Gasteiger partial charge in [0.1, 0.15) is 23.8 Å². The Bertz CT molecular complexity index is 439. The lowest BCUT2D eigenvalue weighted by molar-refractivity contribution is 0.190. The molecule has 13 heavy (non-hydrogen) atoms. The van der Waals surface area contributed by atoms with Crippen LogP contribution >= 0.6 is 11.6 Å². The maximum atomic E-state index is 9.23. The summed E-state index contributed by atoms with van der Waals surface area (Å²) in [6.07, 6.45) is 0.669. The Balaban J connectivity index is 2.68. The number of nitrogens with zero attached hydrogens (tertiary/aromatic N) is 3. The van der Waals surface area contributed by atoms with Crippen LogP contribution in [0.2, 0.25) is 5.15 Å². The predicted octanol–water partition coefficient (Wildman–Crippen LogP) is 1.06. The molecule has 0 saturated heterocycles. The predicted molar refractivity (Wildman–Crippen MR) is 47.3 cm³/mol. The fourth-order valence-electron chi connectivity index (χ4n) is 1.02. The van der Waals surface area contributed by atoms with E-state index < -0.39 is 6.10 Å². The van der Waals surface area contributed by atoms with E-state index in [1.165, 1.54) is 6.33 Å². The Kier molecular flexibility index (Phi) is 1.90. The minimum absolute atomic E-state index is 0.310. The summed E-state index contributed by atoms with van der Waals surface area (Å²) in [5, 5.41) is 9.54. The first-order valence-corrected chi connectivity index (χ1v) is 4.10. The molecule has 2 aromatic heterocycles. The average Bonchev–Trinajstić information content (AvgIpc) is 2.49. The van der Waals surface area contributed by atoms with E-state index in [1.54, 1.807) is 6.92 Å². The topological polar surface area (TPSA) is 74.7 Å². The van der Waals surface area contributed by atoms with Crippen LogP contribution < -0.4 is 0 Å². The van der Waals surface area contributed by atoms with Crippen molar-refractivity contribution in [3.63, 3.8) is 0 Å². The van der Waals surface area contributed by atoms with Gasteiger partial charge in [0.2, 0.25) is 0 Å². The van der Waals surface area contributed by atoms with Gasteiger partial charge in [-0.3, -0.25) is 0 Å². The van der Waals surface area contributed by atoms with Gasteiger partial charge in [-0.1, -0.05) is 11.6 Å². The largest absolute Gasteiger partial charge is 0.385 e. The van der Waals surface area contributed by atoms with Crippen LogP contribution in [0.5, 0.6) is 0 Å². The number of aromatic amines is 1. The first kappa shape index (κ1) is 8.40. The lowest BCUT2D eigenvalue weighted by Crippen LogP contribution is -1.92. The van der Waals surface area contributed by atoms with Crippen molar-refractivity contribution in [2.45, 2.75) is 13.0 Å². The number of aromatic nitrogens is 4. The second kappa shape index (κ2) is 2.93. The van der Waals surface area contributed by atoms with Gasteiger partial charge >= 0.3 is 0 Å². The van der Waals surface area contributed by atoms with Crippen LogP contribution in [0.15, 0.2) is 6.33 Å². The minimum atomic E-state index is -0.662. The first-order chi connectivity index (χ1) is 6.18. The van der Waals surface area contributed by atoms with Crippen LogP contribution in [-0.2, 0) is 0 Å². The summed E-state index contributed by atoms with van der Waals surface area (Å²) in [6.45, 7) is 1.61. The van der Waals surface area contributed by atoms with E-state index in [0.29, 0.717) is 22.1 Å². The second-order valence-electron chi connectivity index (χ2n) is 2.66. The molecule has 1 unspecified atom stereocenters.